The van der Waals surface area contributed by atoms with E-state index in [2.05, 4.69) is 5.32 Å². The predicted molar refractivity (Wildman–Crippen MR) is 116 cm³/mol. The molecule has 0 spiro atoms. The summed E-state index contributed by atoms with van der Waals surface area (Å²) in [5, 5.41) is 3.23. The number of amides is 1. The van der Waals surface area contributed by atoms with Gasteiger partial charge in [0.1, 0.15) is 11.4 Å². The molecule has 162 valence electrons. The third-order valence-electron chi connectivity index (χ3n) is 4.93. The van der Waals surface area contributed by atoms with Crippen LogP contribution in [-0.2, 0) is 4.79 Å². The largest absolute Gasteiger partial charge is 0.478 e. The van der Waals surface area contributed by atoms with Gasteiger partial charge in [-0.1, -0.05) is 31.2 Å². The monoisotopic (exact) mass is 435 g/mol. The average Bonchev–Trinajstić information content (AvgIpc) is 3.17. The molecule has 0 aliphatic rings. The minimum atomic E-state index is -1.01. The van der Waals surface area contributed by atoms with Crippen molar-refractivity contribution in [3.63, 3.8) is 0 Å². The molecule has 5 nitrogen and oxygen atoms in total. The van der Waals surface area contributed by atoms with Crippen LogP contribution in [0, 0.1) is 11.6 Å². The van der Waals surface area contributed by atoms with Crippen LogP contribution in [0.5, 0.6) is 5.75 Å². The van der Waals surface area contributed by atoms with E-state index in [-0.39, 0.29) is 29.2 Å². The van der Waals surface area contributed by atoms with Crippen molar-refractivity contribution in [2.45, 2.75) is 19.4 Å². The Morgan fingerprint density at radius 2 is 1.66 bits per heavy atom. The number of para-hydroxylation sites is 2. The molecule has 1 aromatic heterocycles. The molecule has 3 aromatic carbocycles. The van der Waals surface area contributed by atoms with Crippen molar-refractivity contribution in [1.29, 1.82) is 0 Å². The third kappa shape index (κ3) is 4.23. The first kappa shape index (κ1) is 21.2. The number of carbonyl (C=O) groups is 2. The smallest absolute Gasteiger partial charge is 0.265 e. The summed E-state index contributed by atoms with van der Waals surface area (Å²) in [6.07, 6.45) is -0.744. The van der Waals surface area contributed by atoms with Gasteiger partial charge in [0.15, 0.2) is 23.4 Å². The Kier molecular flexibility index (Phi) is 5.98. The maximum absolute atomic E-state index is 14.0. The topological polar surface area (TPSA) is 68.5 Å². The van der Waals surface area contributed by atoms with E-state index in [0.717, 1.165) is 0 Å². The molecular weight excluding hydrogens is 416 g/mol. The molecule has 1 amide bonds. The number of rotatable bonds is 7. The lowest BCUT2D eigenvalue weighted by molar-refractivity contribution is -0.122. The Hall–Kier alpha value is -4.00. The van der Waals surface area contributed by atoms with Gasteiger partial charge in [-0.25, -0.2) is 8.78 Å². The molecule has 0 unspecified atom stereocenters. The van der Waals surface area contributed by atoms with Crippen molar-refractivity contribution in [3.8, 4) is 5.75 Å². The van der Waals surface area contributed by atoms with Gasteiger partial charge in [-0.3, -0.25) is 9.59 Å². The van der Waals surface area contributed by atoms with Crippen LogP contribution in [0.1, 0.15) is 29.5 Å². The van der Waals surface area contributed by atoms with Crippen LogP contribution in [-0.4, -0.2) is 17.8 Å². The predicted octanol–water partition coefficient (Wildman–Crippen LogP) is 5.74. The summed E-state index contributed by atoms with van der Waals surface area (Å²) < 4.78 is 38.6. The molecular formula is C25H19F2NO4. The number of furan rings is 1. The molecule has 7 heteroatoms. The Morgan fingerprint density at radius 1 is 0.969 bits per heavy atom. The summed E-state index contributed by atoms with van der Waals surface area (Å²) in [4.78, 5) is 26.1. The minimum Gasteiger partial charge on any atom is -0.478 e. The number of fused-ring (bicyclic) bond motifs is 1. The average molecular weight is 435 g/mol. The first-order valence-electron chi connectivity index (χ1n) is 10.0. The molecule has 0 saturated heterocycles. The second kappa shape index (κ2) is 9.01. The Morgan fingerprint density at radius 3 is 2.38 bits per heavy atom. The van der Waals surface area contributed by atoms with Crippen molar-refractivity contribution in [1.82, 2.24) is 0 Å². The highest BCUT2D eigenvalue weighted by atomic mass is 19.1. The van der Waals surface area contributed by atoms with Crippen LogP contribution >= 0.6 is 0 Å². The van der Waals surface area contributed by atoms with Crippen molar-refractivity contribution in [2.24, 2.45) is 0 Å². The molecule has 0 saturated carbocycles. The summed E-state index contributed by atoms with van der Waals surface area (Å²) in [6.45, 7) is 1.73. The van der Waals surface area contributed by atoms with E-state index in [0.29, 0.717) is 11.0 Å². The van der Waals surface area contributed by atoms with E-state index in [1.165, 1.54) is 42.5 Å². The van der Waals surface area contributed by atoms with Gasteiger partial charge in [0.05, 0.1) is 5.69 Å². The van der Waals surface area contributed by atoms with Gasteiger partial charge < -0.3 is 14.5 Å². The summed E-state index contributed by atoms with van der Waals surface area (Å²) in [5.41, 5.74) is 0.780. The number of ether oxygens (including phenoxy) is 1. The fraction of sp³-hybridized carbons (Fsp3) is 0.120. The molecule has 1 heterocycles. The number of anilines is 1. The fourth-order valence-corrected chi connectivity index (χ4v) is 3.28. The van der Waals surface area contributed by atoms with Gasteiger partial charge in [0.25, 0.3) is 5.91 Å². The summed E-state index contributed by atoms with van der Waals surface area (Å²) in [6, 6.07) is 17.7. The summed E-state index contributed by atoms with van der Waals surface area (Å²) in [5.74, 6) is -2.27. The highest BCUT2D eigenvalue weighted by Gasteiger charge is 2.27. The molecule has 0 fully saturated rings. The quantitative estimate of drug-likeness (QED) is 0.376. The van der Waals surface area contributed by atoms with Crippen LogP contribution in [0.15, 0.2) is 77.2 Å². The number of nitrogens with one attached hydrogen (secondary N) is 1. The van der Waals surface area contributed by atoms with E-state index in [1.807, 2.05) is 0 Å². The summed E-state index contributed by atoms with van der Waals surface area (Å²) in [7, 11) is 0. The minimum absolute atomic E-state index is 0.0471. The van der Waals surface area contributed by atoms with E-state index in [9.17, 15) is 18.4 Å². The number of hydrogen-bond donors (Lipinski definition) is 1. The highest BCUT2D eigenvalue weighted by molar-refractivity contribution is 6.17. The van der Waals surface area contributed by atoms with Crippen LogP contribution in [0.25, 0.3) is 11.0 Å². The molecule has 4 rings (SSSR count). The van der Waals surface area contributed by atoms with Gasteiger partial charge in [0, 0.05) is 10.9 Å². The first-order chi connectivity index (χ1) is 15.5. The van der Waals surface area contributed by atoms with Crippen molar-refractivity contribution in [2.75, 3.05) is 5.32 Å². The molecule has 0 bridgehead atoms. The van der Waals surface area contributed by atoms with Gasteiger partial charge in [0.2, 0.25) is 5.78 Å². The number of ketones is 1. The highest BCUT2D eigenvalue weighted by Crippen LogP contribution is 2.33. The maximum atomic E-state index is 14.0. The zero-order chi connectivity index (χ0) is 22.7. The van der Waals surface area contributed by atoms with E-state index >= 15 is 0 Å². The molecule has 0 aliphatic heterocycles. The van der Waals surface area contributed by atoms with Crippen LogP contribution < -0.4 is 10.1 Å². The van der Waals surface area contributed by atoms with Gasteiger partial charge >= 0.3 is 0 Å². The number of benzene rings is 3. The van der Waals surface area contributed by atoms with Crippen molar-refractivity contribution in [3.05, 3.63) is 95.8 Å². The van der Waals surface area contributed by atoms with Crippen molar-refractivity contribution >= 4 is 28.3 Å². The Labute approximate surface area is 182 Å². The van der Waals surface area contributed by atoms with Crippen molar-refractivity contribution < 1.29 is 27.5 Å². The lowest BCUT2D eigenvalue weighted by Gasteiger charge is -2.17. The Bertz CT molecular complexity index is 1280. The normalized spacial score (nSPS) is 11.8. The number of halogens is 2. The number of hydrogen-bond acceptors (Lipinski definition) is 4. The van der Waals surface area contributed by atoms with Gasteiger partial charge in [-0.05, 0) is 55.0 Å². The lowest BCUT2D eigenvalue weighted by Crippen LogP contribution is -2.33. The zero-order valence-electron chi connectivity index (χ0n) is 17.1. The second-order valence-electron chi connectivity index (χ2n) is 7.07. The zero-order valence-corrected chi connectivity index (χ0v) is 17.1. The third-order valence-corrected chi connectivity index (χ3v) is 4.93. The van der Waals surface area contributed by atoms with E-state index in [4.69, 9.17) is 9.15 Å². The second-order valence-corrected chi connectivity index (χ2v) is 7.07. The van der Waals surface area contributed by atoms with E-state index < -0.39 is 29.4 Å². The Balaban J connectivity index is 1.67. The summed E-state index contributed by atoms with van der Waals surface area (Å²) >= 11 is 0. The fourth-order valence-electron chi connectivity index (χ4n) is 3.28. The van der Waals surface area contributed by atoms with Crippen LogP contribution in [0.4, 0.5) is 14.5 Å². The van der Waals surface area contributed by atoms with Crippen LogP contribution in [0.3, 0.4) is 0 Å². The molecule has 1 atom stereocenters. The van der Waals surface area contributed by atoms with Gasteiger partial charge in [-0.15, -0.1) is 0 Å². The van der Waals surface area contributed by atoms with Gasteiger partial charge in [-0.2, -0.15) is 0 Å². The molecule has 32 heavy (non-hydrogen) atoms. The lowest BCUT2D eigenvalue weighted by atomic mass is 10.1. The molecule has 0 radical (unpaired) electrons. The SMILES string of the molecule is CC[C@@H](Oc1ccccc1F)C(=O)Nc1c(C(=O)c2ccc(F)cc2)oc2ccccc12. The molecule has 4 aromatic rings. The standard InChI is InChI=1S/C25H19F2NO4/c1-2-19(31-21-10-6-4-8-18(21)27)25(30)28-22-17-7-3-5-9-20(17)32-24(22)23(29)15-11-13-16(26)14-12-15/h3-14,19H,2H2,1H3,(H,28,30)/t19-/m1/s1. The molecule has 0 aliphatic carbocycles. The first-order valence-corrected chi connectivity index (χ1v) is 10.0. The van der Waals surface area contributed by atoms with Crippen LogP contribution in [0.2, 0.25) is 0 Å². The maximum Gasteiger partial charge on any atom is 0.265 e. The number of carbonyl (C=O) groups excluding carboxylic acids is 2. The van der Waals surface area contributed by atoms with E-state index in [1.54, 1.807) is 37.3 Å². The molecule has 1 N–H and O–H groups in total.